The number of nitrogens with zero attached hydrogens (tertiary/aromatic N) is 1. The average Bonchev–Trinajstić information content (AvgIpc) is 2.48. The summed E-state index contributed by atoms with van der Waals surface area (Å²) in [5.41, 5.74) is 7.06. The van der Waals surface area contributed by atoms with Gasteiger partial charge in [0.15, 0.2) is 11.0 Å². The summed E-state index contributed by atoms with van der Waals surface area (Å²) in [5.74, 6) is 0.116. The van der Waals surface area contributed by atoms with Gasteiger partial charge in [0, 0.05) is 5.56 Å². The lowest BCUT2D eigenvalue weighted by Gasteiger charge is -2.03. The SMILES string of the molecule is NC(=Nc1ccccc1)SCC(=O)c1ccc(Cl)c(Cl)c1. The molecule has 0 aliphatic rings. The summed E-state index contributed by atoms with van der Waals surface area (Å²) < 4.78 is 0. The molecular formula is C15H12Cl2N2OS. The Kier molecular flexibility index (Phi) is 5.67. The van der Waals surface area contributed by atoms with E-state index in [1.54, 1.807) is 18.2 Å². The fourth-order valence-corrected chi connectivity index (χ4v) is 2.47. The minimum atomic E-state index is -0.0789. The molecule has 3 nitrogen and oxygen atoms in total. The highest BCUT2D eigenvalue weighted by atomic mass is 35.5. The third kappa shape index (κ3) is 4.77. The summed E-state index contributed by atoms with van der Waals surface area (Å²) in [6.45, 7) is 0. The van der Waals surface area contributed by atoms with Gasteiger partial charge >= 0.3 is 0 Å². The van der Waals surface area contributed by atoms with Crippen molar-refractivity contribution in [2.45, 2.75) is 0 Å². The molecular weight excluding hydrogens is 327 g/mol. The Labute approximate surface area is 137 Å². The normalized spacial score (nSPS) is 11.4. The number of ketones is 1. The Morgan fingerprint density at radius 1 is 1.10 bits per heavy atom. The zero-order valence-corrected chi connectivity index (χ0v) is 13.3. The van der Waals surface area contributed by atoms with Crippen LogP contribution in [0.25, 0.3) is 0 Å². The zero-order chi connectivity index (χ0) is 15.2. The Morgan fingerprint density at radius 3 is 2.48 bits per heavy atom. The lowest BCUT2D eigenvalue weighted by atomic mass is 10.1. The lowest BCUT2D eigenvalue weighted by Crippen LogP contribution is -2.11. The second-order valence-corrected chi connectivity index (χ2v) is 5.94. The van der Waals surface area contributed by atoms with Crippen LogP contribution in [0.5, 0.6) is 0 Å². The molecule has 2 aromatic rings. The molecule has 0 bridgehead atoms. The number of benzene rings is 2. The second kappa shape index (κ2) is 7.50. The van der Waals surface area contributed by atoms with Gasteiger partial charge in [0.1, 0.15) is 0 Å². The first kappa shape index (κ1) is 15.9. The molecule has 0 fully saturated rings. The van der Waals surface area contributed by atoms with Gasteiger partial charge in [-0.25, -0.2) is 4.99 Å². The van der Waals surface area contributed by atoms with Crippen LogP contribution in [-0.2, 0) is 0 Å². The van der Waals surface area contributed by atoms with Crippen LogP contribution in [0.3, 0.4) is 0 Å². The predicted octanol–water partition coefficient (Wildman–Crippen LogP) is 4.56. The fraction of sp³-hybridized carbons (Fsp3) is 0.0667. The molecule has 0 aliphatic carbocycles. The van der Waals surface area contributed by atoms with E-state index in [9.17, 15) is 4.79 Å². The molecule has 21 heavy (non-hydrogen) atoms. The molecule has 0 saturated heterocycles. The summed E-state index contributed by atoms with van der Waals surface area (Å²) in [4.78, 5) is 16.2. The maximum absolute atomic E-state index is 12.0. The highest BCUT2D eigenvalue weighted by Gasteiger charge is 2.09. The van der Waals surface area contributed by atoms with E-state index >= 15 is 0 Å². The Hall–Kier alpha value is -1.49. The number of aliphatic imine (C=N–C) groups is 1. The van der Waals surface area contributed by atoms with E-state index in [-0.39, 0.29) is 11.5 Å². The fourth-order valence-electron chi connectivity index (χ4n) is 1.55. The molecule has 0 amide bonds. The van der Waals surface area contributed by atoms with E-state index in [1.165, 1.54) is 11.8 Å². The molecule has 0 unspecified atom stereocenters. The maximum Gasteiger partial charge on any atom is 0.173 e. The van der Waals surface area contributed by atoms with Gasteiger partial charge in [-0.1, -0.05) is 53.2 Å². The molecule has 0 heterocycles. The summed E-state index contributed by atoms with van der Waals surface area (Å²) in [6.07, 6.45) is 0. The molecule has 6 heteroatoms. The van der Waals surface area contributed by atoms with Crippen molar-refractivity contribution in [3.05, 3.63) is 64.1 Å². The molecule has 2 rings (SSSR count). The molecule has 108 valence electrons. The van der Waals surface area contributed by atoms with Crippen molar-refractivity contribution in [1.82, 2.24) is 0 Å². The van der Waals surface area contributed by atoms with Crippen LogP contribution in [0.4, 0.5) is 5.69 Å². The van der Waals surface area contributed by atoms with Crippen LogP contribution in [-0.4, -0.2) is 16.7 Å². The number of rotatable bonds is 4. The molecule has 2 N–H and O–H groups in total. The minimum absolute atomic E-state index is 0.0789. The van der Waals surface area contributed by atoms with E-state index in [0.29, 0.717) is 20.8 Å². The molecule has 0 saturated carbocycles. The van der Waals surface area contributed by atoms with E-state index < -0.39 is 0 Å². The number of hydrogen-bond donors (Lipinski definition) is 1. The van der Waals surface area contributed by atoms with Gasteiger partial charge in [-0.3, -0.25) is 4.79 Å². The number of carbonyl (C=O) groups excluding carboxylic acids is 1. The van der Waals surface area contributed by atoms with Gasteiger partial charge < -0.3 is 5.73 Å². The van der Waals surface area contributed by atoms with Crippen molar-refractivity contribution in [3.8, 4) is 0 Å². The van der Waals surface area contributed by atoms with Crippen molar-refractivity contribution >= 4 is 51.6 Å². The van der Waals surface area contributed by atoms with Crippen molar-refractivity contribution in [2.24, 2.45) is 10.7 Å². The number of amidine groups is 1. The van der Waals surface area contributed by atoms with Crippen LogP contribution >= 0.6 is 35.0 Å². The summed E-state index contributed by atoms with van der Waals surface area (Å²) in [5, 5.41) is 1.12. The summed E-state index contributed by atoms with van der Waals surface area (Å²) >= 11 is 12.9. The number of Topliss-reactive ketones (excluding diaryl/α,β-unsaturated/α-hetero) is 1. The van der Waals surface area contributed by atoms with Gasteiger partial charge in [0.25, 0.3) is 0 Å². The number of halogens is 2. The minimum Gasteiger partial charge on any atom is -0.378 e. The average molecular weight is 339 g/mol. The van der Waals surface area contributed by atoms with Crippen molar-refractivity contribution < 1.29 is 4.79 Å². The van der Waals surface area contributed by atoms with E-state index in [0.717, 1.165) is 5.69 Å². The Balaban J connectivity index is 1.97. The van der Waals surface area contributed by atoms with E-state index in [4.69, 9.17) is 28.9 Å². The van der Waals surface area contributed by atoms with Crippen molar-refractivity contribution in [1.29, 1.82) is 0 Å². The monoisotopic (exact) mass is 338 g/mol. The number of para-hydroxylation sites is 1. The third-order valence-corrected chi connectivity index (χ3v) is 4.12. The molecule has 2 aromatic carbocycles. The maximum atomic E-state index is 12.0. The van der Waals surface area contributed by atoms with Gasteiger partial charge in [0.2, 0.25) is 0 Å². The quantitative estimate of drug-likeness (QED) is 0.505. The lowest BCUT2D eigenvalue weighted by molar-refractivity contribution is 0.102. The van der Waals surface area contributed by atoms with Gasteiger partial charge in [-0.15, -0.1) is 0 Å². The molecule has 0 radical (unpaired) electrons. The highest BCUT2D eigenvalue weighted by Crippen LogP contribution is 2.23. The van der Waals surface area contributed by atoms with E-state index in [2.05, 4.69) is 4.99 Å². The summed E-state index contributed by atoms with van der Waals surface area (Å²) in [7, 11) is 0. The third-order valence-electron chi connectivity index (χ3n) is 2.59. The molecule has 0 aromatic heterocycles. The number of hydrogen-bond acceptors (Lipinski definition) is 3. The van der Waals surface area contributed by atoms with Crippen LogP contribution in [0.2, 0.25) is 10.0 Å². The largest absolute Gasteiger partial charge is 0.378 e. The van der Waals surface area contributed by atoms with Crippen LogP contribution in [0.15, 0.2) is 53.5 Å². The number of nitrogens with two attached hydrogens (primary N) is 1. The van der Waals surface area contributed by atoms with Crippen LogP contribution in [0, 0.1) is 0 Å². The predicted molar refractivity (Wildman–Crippen MR) is 91.0 cm³/mol. The van der Waals surface area contributed by atoms with Crippen LogP contribution in [0.1, 0.15) is 10.4 Å². The van der Waals surface area contributed by atoms with Crippen molar-refractivity contribution in [3.63, 3.8) is 0 Å². The Morgan fingerprint density at radius 2 is 1.81 bits per heavy atom. The first-order valence-corrected chi connectivity index (χ1v) is 7.80. The topological polar surface area (TPSA) is 55.4 Å². The zero-order valence-electron chi connectivity index (χ0n) is 10.9. The molecule has 0 atom stereocenters. The molecule has 0 aliphatic heterocycles. The first-order valence-electron chi connectivity index (χ1n) is 6.06. The molecule has 0 spiro atoms. The standard InChI is InChI=1S/C15H12Cl2N2OS/c16-12-7-6-10(8-13(12)17)14(20)9-21-15(18)19-11-4-2-1-3-5-11/h1-8H,9H2,(H2,18,19). The van der Waals surface area contributed by atoms with Gasteiger partial charge in [0.05, 0.1) is 21.5 Å². The van der Waals surface area contributed by atoms with Crippen LogP contribution < -0.4 is 5.73 Å². The first-order chi connectivity index (χ1) is 10.1. The second-order valence-electron chi connectivity index (χ2n) is 4.13. The Bertz CT molecular complexity index is 675. The summed E-state index contributed by atoms with van der Waals surface area (Å²) in [6, 6.07) is 14.1. The smallest absolute Gasteiger partial charge is 0.173 e. The van der Waals surface area contributed by atoms with Gasteiger partial charge in [-0.05, 0) is 30.3 Å². The number of carbonyl (C=O) groups is 1. The highest BCUT2D eigenvalue weighted by molar-refractivity contribution is 8.14. The van der Waals surface area contributed by atoms with E-state index in [1.807, 2.05) is 30.3 Å². The number of thioether (sulfide) groups is 1. The van der Waals surface area contributed by atoms with Crippen molar-refractivity contribution in [2.75, 3.05) is 5.75 Å². The van der Waals surface area contributed by atoms with Gasteiger partial charge in [-0.2, -0.15) is 0 Å².